The van der Waals surface area contributed by atoms with Gasteiger partial charge in [-0.25, -0.2) is 13.4 Å². The van der Waals surface area contributed by atoms with Crippen LogP contribution < -0.4 is 5.32 Å². The van der Waals surface area contributed by atoms with Crippen LogP contribution in [-0.2, 0) is 21.8 Å². The van der Waals surface area contributed by atoms with Crippen molar-refractivity contribution in [3.63, 3.8) is 0 Å². The highest BCUT2D eigenvalue weighted by Crippen LogP contribution is 2.34. The van der Waals surface area contributed by atoms with Gasteiger partial charge in [0.15, 0.2) is 9.84 Å². The molecule has 0 aliphatic carbocycles. The molecule has 0 bridgehead atoms. The van der Waals surface area contributed by atoms with Crippen LogP contribution in [0.25, 0.3) is 10.2 Å². The fourth-order valence-corrected chi connectivity index (χ4v) is 4.60. The van der Waals surface area contributed by atoms with Crippen molar-refractivity contribution in [1.29, 1.82) is 0 Å². The molecule has 2 heterocycles. The Balaban J connectivity index is 1.96. The van der Waals surface area contributed by atoms with Crippen molar-refractivity contribution in [3.05, 3.63) is 58.1 Å². The van der Waals surface area contributed by atoms with Crippen molar-refractivity contribution in [1.82, 2.24) is 4.98 Å². The Kier molecular flexibility index (Phi) is 5.20. The fraction of sp³-hybridized carbons (Fsp3) is 0.222. The van der Waals surface area contributed by atoms with Crippen LogP contribution in [0, 0.1) is 6.92 Å². The van der Waals surface area contributed by atoms with E-state index in [2.05, 4.69) is 10.3 Å². The first-order chi connectivity index (χ1) is 13.0. The number of aromatic nitrogens is 1. The fourth-order valence-electron chi connectivity index (χ4n) is 2.70. The summed E-state index contributed by atoms with van der Waals surface area (Å²) in [5, 5.41) is 3.12. The molecule has 0 radical (unpaired) electrons. The van der Waals surface area contributed by atoms with Gasteiger partial charge >= 0.3 is 6.18 Å². The molecule has 1 amide bonds. The number of carbonyl (C=O) groups excluding carboxylic acids is 1. The van der Waals surface area contributed by atoms with E-state index in [1.54, 1.807) is 31.2 Å². The molecule has 5 nitrogen and oxygen atoms in total. The number of amides is 1. The molecule has 0 saturated carbocycles. The van der Waals surface area contributed by atoms with Crippen LogP contribution in [0.2, 0.25) is 0 Å². The molecule has 3 aromatic rings. The van der Waals surface area contributed by atoms with Crippen LogP contribution in [0.4, 0.5) is 18.9 Å². The molecule has 0 spiro atoms. The van der Waals surface area contributed by atoms with E-state index in [0.29, 0.717) is 22.2 Å². The van der Waals surface area contributed by atoms with Crippen LogP contribution in [-0.4, -0.2) is 25.6 Å². The number of fused-ring (bicyclic) bond motifs is 1. The molecule has 28 heavy (non-hydrogen) atoms. The minimum atomic E-state index is -4.57. The summed E-state index contributed by atoms with van der Waals surface area (Å²) in [4.78, 5) is 16.7. The summed E-state index contributed by atoms with van der Waals surface area (Å²) in [6, 6.07) is 8.64. The molecule has 148 valence electrons. The second kappa shape index (κ2) is 7.17. The zero-order chi connectivity index (χ0) is 20.7. The van der Waals surface area contributed by atoms with Gasteiger partial charge in [-0.05, 0) is 36.2 Å². The third kappa shape index (κ3) is 4.33. The number of anilines is 1. The molecule has 2 aromatic heterocycles. The van der Waals surface area contributed by atoms with Gasteiger partial charge in [0.25, 0.3) is 5.91 Å². The average molecular weight is 428 g/mol. The zero-order valence-corrected chi connectivity index (χ0v) is 16.4. The summed E-state index contributed by atoms with van der Waals surface area (Å²) >= 11 is 0.859. The summed E-state index contributed by atoms with van der Waals surface area (Å²) in [6.45, 7) is 1.63. The Morgan fingerprint density at radius 2 is 1.86 bits per heavy atom. The molecule has 1 N–H and O–H groups in total. The number of alkyl halides is 3. The van der Waals surface area contributed by atoms with Crippen molar-refractivity contribution in [2.45, 2.75) is 18.9 Å². The summed E-state index contributed by atoms with van der Waals surface area (Å²) in [5.74, 6) is -0.777. The van der Waals surface area contributed by atoms with Crippen molar-refractivity contribution in [2.75, 3.05) is 11.6 Å². The van der Waals surface area contributed by atoms with Gasteiger partial charge in [0.05, 0.1) is 10.6 Å². The maximum absolute atomic E-state index is 12.9. The number of hydrogen-bond donors (Lipinski definition) is 1. The number of sulfone groups is 1. The first-order valence-electron chi connectivity index (χ1n) is 8.00. The number of nitrogens with one attached hydrogen (secondary N) is 1. The number of rotatable bonds is 4. The third-order valence-corrected chi connectivity index (χ3v) is 6.02. The Morgan fingerprint density at radius 3 is 2.50 bits per heavy atom. The van der Waals surface area contributed by atoms with Crippen molar-refractivity contribution >= 4 is 43.0 Å². The van der Waals surface area contributed by atoms with Gasteiger partial charge in [-0.2, -0.15) is 13.2 Å². The maximum Gasteiger partial charge on any atom is 0.433 e. The molecule has 1 aromatic carbocycles. The number of thiophene rings is 1. The van der Waals surface area contributed by atoms with Crippen LogP contribution in [0.3, 0.4) is 0 Å². The molecular formula is C18H15F3N2O3S2. The van der Waals surface area contributed by atoms with E-state index >= 15 is 0 Å². The summed E-state index contributed by atoms with van der Waals surface area (Å²) in [7, 11) is -3.31. The van der Waals surface area contributed by atoms with Crippen LogP contribution in [0.1, 0.15) is 26.5 Å². The quantitative estimate of drug-likeness (QED) is 0.667. The van der Waals surface area contributed by atoms with Crippen molar-refractivity contribution < 1.29 is 26.4 Å². The molecule has 0 fully saturated rings. The number of carbonyl (C=O) groups is 1. The Morgan fingerprint density at radius 1 is 1.18 bits per heavy atom. The number of benzene rings is 1. The predicted molar refractivity (Wildman–Crippen MR) is 102 cm³/mol. The Hall–Kier alpha value is -2.46. The van der Waals surface area contributed by atoms with Crippen LogP contribution >= 0.6 is 11.3 Å². The van der Waals surface area contributed by atoms with E-state index in [9.17, 15) is 26.4 Å². The summed E-state index contributed by atoms with van der Waals surface area (Å²) in [6.07, 6.45) is -3.48. The van der Waals surface area contributed by atoms with Gasteiger partial charge in [0, 0.05) is 17.3 Å². The third-order valence-electron chi connectivity index (χ3n) is 3.98. The molecule has 0 unspecified atom stereocenters. The van der Waals surface area contributed by atoms with E-state index in [1.165, 1.54) is 6.07 Å². The Bertz CT molecular complexity index is 1170. The van der Waals surface area contributed by atoms with Gasteiger partial charge in [-0.1, -0.05) is 18.2 Å². The van der Waals surface area contributed by atoms with E-state index < -0.39 is 27.6 Å². The predicted octanol–water partition coefficient (Wildman–Crippen LogP) is 4.42. The molecule has 0 atom stereocenters. The molecule has 0 aliphatic heterocycles. The maximum atomic E-state index is 12.9. The average Bonchev–Trinajstić information content (AvgIpc) is 2.91. The van der Waals surface area contributed by atoms with Gasteiger partial charge in [-0.15, -0.1) is 11.3 Å². The number of hydrogen-bond acceptors (Lipinski definition) is 5. The normalized spacial score (nSPS) is 12.3. The van der Waals surface area contributed by atoms with Crippen molar-refractivity contribution in [3.8, 4) is 0 Å². The molecule has 0 saturated heterocycles. The molecule has 10 heteroatoms. The Labute approximate surface area is 163 Å². The van der Waals surface area contributed by atoms with E-state index in [1.807, 2.05) is 0 Å². The standard InChI is InChI=1S/C18H15F3N2O3S2/c1-10-12-7-8-14(18(19,20)21)23-17(12)27-15(10)16(24)22-13-6-4-3-5-11(13)9-28(2,25)26/h3-8H,9H2,1-2H3,(H,22,24). The van der Waals surface area contributed by atoms with Crippen molar-refractivity contribution in [2.24, 2.45) is 0 Å². The number of pyridine rings is 1. The highest BCUT2D eigenvalue weighted by Gasteiger charge is 2.33. The lowest BCUT2D eigenvalue weighted by Crippen LogP contribution is -2.14. The topological polar surface area (TPSA) is 76.1 Å². The minimum Gasteiger partial charge on any atom is -0.321 e. The van der Waals surface area contributed by atoms with E-state index in [-0.39, 0.29) is 15.5 Å². The molecule has 0 aliphatic rings. The molecule has 3 rings (SSSR count). The smallest absolute Gasteiger partial charge is 0.321 e. The first-order valence-corrected chi connectivity index (χ1v) is 10.9. The van der Waals surface area contributed by atoms with Gasteiger partial charge in [0.1, 0.15) is 10.5 Å². The lowest BCUT2D eigenvalue weighted by atomic mass is 10.1. The van der Waals surface area contributed by atoms with Gasteiger partial charge < -0.3 is 5.32 Å². The monoisotopic (exact) mass is 428 g/mol. The highest BCUT2D eigenvalue weighted by molar-refractivity contribution is 7.89. The SMILES string of the molecule is Cc1c(C(=O)Nc2ccccc2CS(C)(=O)=O)sc2nc(C(F)(F)F)ccc12. The van der Waals surface area contributed by atoms with Gasteiger partial charge in [0.2, 0.25) is 0 Å². The lowest BCUT2D eigenvalue weighted by Gasteiger charge is -2.10. The first kappa shape index (κ1) is 20.3. The number of aryl methyl sites for hydroxylation is 1. The number of para-hydroxylation sites is 1. The van der Waals surface area contributed by atoms with E-state index in [0.717, 1.165) is 23.7 Å². The summed E-state index contributed by atoms with van der Waals surface area (Å²) in [5.41, 5.74) is 0.249. The largest absolute Gasteiger partial charge is 0.433 e. The van der Waals surface area contributed by atoms with Crippen LogP contribution in [0.5, 0.6) is 0 Å². The highest BCUT2D eigenvalue weighted by atomic mass is 32.2. The second-order valence-corrected chi connectivity index (χ2v) is 9.42. The van der Waals surface area contributed by atoms with E-state index in [4.69, 9.17) is 0 Å². The molecular weight excluding hydrogens is 413 g/mol. The second-order valence-electron chi connectivity index (χ2n) is 6.28. The number of halogens is 3. The summed E-state index contributed by atoms with van der Waals surface area (Å²) < 4.78 is 61.8. The number of nitrogens with zero attached hydrogens (tertiary/aromatic N) is 1. The zero-order valence-electron chi connectivity index (χ0n) is 14.8. The lowest BCUT2D eigenvalue weighted by molar-refractivity contribution is -0.140. The van der Waals surface area contributed by atoms with Crippen LogP contribution in [0.15, 0.2) is 36.4 Å². The van der Waals surface area contributed by atoms with Gasteiger partial charge in [-0.3, -0.25) is 4.79 Å². The minimum absolute atomic E-state index is 0.113.